The summed E-state index contributed by atoms with van der Waals surface area (Å²) < 4.78 is 1.85. The maximum Gasteiger partial charge on any atom is 0.114 e. The van der Waals surface area contributed by atoms with E-state index in [9.17, 15) is 0 Å². The van der Waals surface area contributed by atoms with Gasteiger partial charge in [0.2, 0.25) is 0 Å². The molecule has 0 saturated carbocycles. The van der Waals surface area contributed by atoms with Crippen molar-refractivity contribution in [1.29, 1.82) is 5.26 Å². The van der Waals surface area contributed by atoms with E-state index < -0.39 is 0 Å². The van der Waals surface area contributed by atoms with E-state index >= 15 is 0 Å². The molecule has 5 heteroatoms. The van der Waals surface area contributed by atoms with Gasteiger partial charge < -0.3 is 0 Å². The molecule has 0 spiro atoms. The van der Waals surface area contributed by atoms with Crippen LogP contribution < -0.4 is 0 Å². The third-order valence-electron chi connectivity index (χ3n) is 2.69. The highest BCUT2D eigenvalue weighted by molar-refractivity contribution is 5.30. The molecule has 0 bridgehead atoms. The fraction of sp³-hybridized carbons (Fsp3) is 0.600. The SMILES string of the molecule is Cc1c(C#N)cnn1C(C)N(C)N(C)C. The van der Waals surface area contributed by atoms with Crippen molar-refractivity contribution >= 4 is 0 Å². The molecule has 1 rings (SSSR count). The Kier molecular flexibility index (Phi) is 3.45. The highest BCUT2D eigenvalue weighted by Crippen LogP contribution is 2.15. The topological polar surface area (TPSA) is 48.1 Å². The number of hydrogen-bond donors (Lipinski definition) is 0. The van der Waals surface area contributed by atoms with Gasteiger partial charge in [-0.1, -0.05) is 0 Å². The van der Waals surface area contributed by atoms with E-state index in [1.807, 2.05) is 49.7 Å². The zero-order valence-electron chi connectivity index (χ0n) is 9.89. The van der Waals surface area contributed by atoms with Gasteiger partial charge in [0, 0.05) is 21.1 Å². The van der Waals surface area contributed by atoms with Gasteiger partial charge in [0.1, 0.15) is 12.2 Å². The summed E-state index contributed by atoms with van der Waals surface area (Å²) >= 11 is 0. The smallest absolute Gasteiger partial charge is 0.114 e. The Hall–Kier alpha value is -1.38. The van der Waals surface area contributed by atoms with Crippen LogP contribution in [0.4, 0.5) is 0 Å². The van der Waals surface area contributed by atoms with Gasteiger partial charge >= 0.3 is 0 Å². The minimum Gasteiger partial charge on any atom is -0.250 e. The largest absolute Gasteiger partial charge is 0.250 e. The van der Waals surface area contributed by atoms with E-state index in [4.69, 9.17) is 5.26 Å². The Morgan fingerprint density at radius 1 is 1.47 bits per heavy atom. The summed E-state index contributed by atoms with van der Waals surface area (Å²) in [6.07, 6.45) is 1.71. The summed E-state index contributed by atoms with van der Waals surface area (Å²) in [7, 11) is 5.93. The molecule has 0 aliphatic rings. The monoisotopic (exact) mass is 207 g/mol. The average molecular weight is 207 g/mol. The minimum absolute atomic E-state index is 0.0992. The maximum absolute atomic E-state index is 8.83. The van der Waals surface area contributed by atoms with Gasteiger partial charge in [0.05, 0.1) is 17.5 Å². The first-order chi connectivity index (χ1) is 6.99. The zero-order valence-corrected chi connectivity index (χ0v) is 9.89. The standard InChI is InChI=1S/C10H17N5/c1-8-10(6-11)7-12-15(8)9(2)14(5)13(3)4/h7,9H,1-5H3. The van der Waals surface area contributed by atoms with Gasteiger partial charge in [-0.15, -0.1) is 0 Å². The number of rotatable bonds is 3. The fourth-order valence-electron chi connectivity index (χ4n) is 1.40. The van der Waals surface area contributed by atoms with Crippen molar-refractivity contribution in [3.05, 3.63) is 17.5 Å². The van der Waals surface area contributed by atoms with Crippen LogP contribution >= 0.6 is 0 Å². The lowest BCUT2D eigenvalue weighted by Gasteiger charge is -2.31. The Labute approximate surface area is 90.5 Å². The Morgan fingerprint density at radius 3 is 2.47 bits per heavy atom. The molecular formula is C10H17N5. The Bertz CT molecular complexity index is 374. The highest BCUT2D eigenvalue weighted by atomic mass is 15.6. The molecule has 1 aromatic rings. The van der Waals surface area contributed by atoms with Crippen molar-refractivity contribution in [2.24, 2.45) is 0 Å². The van der Waals surface area contributed by atoms with Crippen LogP contribution in [-0.2, 0) is 0 Å². The summed E-state index contributed by atoms with van der Waals surface area (Å²) in [6, 6.07) is 2.12. The molecule has 0 aliphatic heterocycles. The molecule has 0 radical (unpaired) electrons. The molecule has 0 fully saturated rings. The summed E-state index contributed by atoms with van der Waals surface area (Å²) in [5, 5.41) is 17.1. The van der Waals surface area contributed by atoms with Crippen LogP contribution in [0.3, 0.4) is 0 Å². The van der Waals surface area contributed by atoms with Crippen molar-refractivity contribution < 1.29 is 0 Å². The van der Waals surface area contributed by atoms with E-state index in [0.717, 1.165) is 5.69 Å². The van der Waals surface area contributed by atoms with Crippen LogP contribution in [0.5, 0.6) is 0 Å². The molecule has 0 N–H and O–H groups in total. The average Bonchev–Trinajstić information content (AvgIpc) is 2.57. The molecule has 1 heterocycles. The van der Waals surface area contributed by atoms with Gasteiger partial charge in [-0.2, -0.15) is 10.4 Å². The second kappa shape index (κ2) is 4.43. The fourth-order valence-corrected chi connectivity index (χ4v) is 1.40. The lowest BCUT2D eigenvalue weighted by atomic mass is 10.3. The summed E-state index contributed by atoms with van der Waals surface area (Å²) in [6.45, 7) is 3.95. The van der Waals surface area contributed by atoms with Gasteiger partial charge in [0.15, 0.2) is 0 Å². The van der Waals surface area contributed by atoms with Crippen LogP contribution in [0.1, 0.15) is 24.3 Å². The normalized spacial score (nSPS) is 13.2. The highest BCUT2D eigenvalue weighted by Gasteiger charge is 2.16. The van der Waals surface area contributed by atoms with Gasteiger partial charge in [0.25, 0.3) is 0 Å². The van der Waals surface area contributed by atoms with Crippen molar-refractivity contribution in [2.75, 3.05) is 21.1 Å². The van der Waals surface area contributed by atoms with Crippen LogP contribution in [0.25, 0.3) is 0 Å². The second-order valence-electron chi connectivity index (χ2n) is 3.75. The number of hydrazine groups is 1. The zero-order chi connectivity index (χ0) is 11.6. The molecule has 1 atom stereocenters. The second-order valence-corrected chi connectivity index (χ2v) is 3.75. The van der Waals surface area contributed by atoms with Gasteiger partial charge in [-0.3, -0.25) is 4.68 Å². The van der Waals surface area contributed by atoms with Crippen molar-refractivity contribution in [3.63, 3.8) is 0 Å². The molecule has 82 valence electrons. The Morgan fingerprint density at radius 2 is 2.07 bits per heavy atom. The van der Waals surface area contributed by atoms with Crippen LogP contribution in [0.2, 0.25) is 0 Å². The van der Waals surface area contributed by atoms with Crippen LogP contribution in [0, 0.1) is 18.3 Å². The van der Waals surface area contributed by atoms with Crippen molar-refractivity contribution in [1.82, 2.24) is 19.8 Å². The molecule has 5 nitrogen and oxygen atoms in total. The predicted molar refractivity (Wildman–Crippen MR) is 57.8 cm³/mol. The minimum atomic E-state index is 0.0992. The predicted octanol–water partition coefficient (Wildman–Crippen LogP) is 0.990. The quantitative estimate of drug-likeness (QED) is 0.693. The Balaban J connectivity index is 2.97. The van der Waals surface area contributed by atoms with E-state index in [1.165, 1.54) is 0 Å². The molecule has 0 aromatic carbocycles. The molecule has 0 amide bonds. The van der Waals surface area contributed by atoms with Crippen molar-refractivity contribution in [2.45, 2.75) is 20.0 Å². The van der Waals surface area contributed by atoms with Crippen LogP contribution in [-0.4, -0.2) is 40.9 Å². The lowest BCUT2D eigenvalue weighted by molar-refractivity contribution is -0.0197. The lowest BCUT2D eigenvalue weighted by Crippen LogP contribution is -2.38. The van der Waals surface area contributed by atoms with E-state index in [0.29, 0.717) is 5.56 Å². The van der Waals surface area contributed by atoms with Crippen molar-refractivity contribution in [3.8, 4) is 6.07 Å². The molecule has 1 unspecified atom stereocenters. The maximum atomic E-state index is 8.83. The first kappa shape index (κ1) is 11.7. The molecule has 0 saturated heterocycles. The van der Waals surface area contributed by atoms with Gasteiger partial charge in [-0.25, -0.2) is 10.0 Å². The van der Waals surface area contributed by atoms with Crippen LogP contribution in [0.15, 0.2) is 6.20 Å². The first-order valence-electron chi connectivity index (χ1n) is 4.83. The molecular weight excluding hydrogens is 190 g/mol. The third-order valence-corrected chi connectivity index (χ3v) is 2.69. The third kappa shape index (κ3) is 2.17. The van der Waals surface area contributed by atoms with Gasteiger partial charge in [-0.05, 0) is 13.8 Å². The van der Waals surface area contributed by atoms with E-state index in [2.05, 4.69) is 11.2 Å². The summed E-state index contributed by atoms with van der Waals surface area (Å²) in [5.41, 5.74) is 1.53. The molecule has 0 aliphatic carbocycles. The summed E-state index contributed by atoms with van der Waals surface area (Å²) in [4.78, 5) is 0. The first-order valence-corrected chi connectivity index (χ1v) is 4.83. The molecule has 1 aromatic heterocycles. The number of nitrogens with zero attached hydrogens (tertiary/aromatic N) is 5. The number of aromatic nitrogens is 2. The summed E-state index contributed by atoms with van der Waals surface area (Å²) in [5.74, 6) is 0. The molecule has 15 heavy (non-hydrogen) atoms. The number of nitriles is 1. The van der Waals surface area contributed by atoms with E-state index in [-0.39, 0.29) is 6.17 Å². The van der Waals surface area contributed by atoms with E-state index in [1.54, 1.807) is 6.20 Å². The number of hydrogen-bond acceptors (Lipinski definition) is 4.